The van der Waals surface area contributed by atoms with Crippen LogP contribution in [0.25, 0.3) is 0 Å². The first kappa shape index (κ1) is 14.7. The van der Waals surface area contributed by atoms with Crippen LogP contribution in [0.4, 0.5) is 13.2 Å². The van der Waals surface area contributed by atoms with E-state index < -0.39 is 30.5 Å². The number of carboxylic acid groups (broad SMARTS) is 1. The van der Waals surface area contributed by atoms with Crippen molar-refractivity contribution in [2.75, 3.05) is 0 Å². The average Bonchev–Trinajstić information content (AvgIpc) is 1.98. The van der Waals surface area contributed by atoms with Gasteiger partial charge in [0.2, 0.25) is 5.91 Å². The molecule has 94 valence electrons. The summed E-state index contributed by atoms with van der Waals surface area (Å²) in [5.41, 5.74) is 0. The number of carbonyl (C=O) groups is 2. The van der Waals surface area contributed by atoms with Crippen LogP contribution in [0.2, 0.25) is 0 Å². The molecule has 0 aliphatic heterocycles. The molecule has 7 heteroatoms. The van der Waals surface area contributed by atoms with Crippen LogP contribution in [-0.2, 0) is 9.59 Å². The van der Waals surface area contributed by atoms with Crippen molar-refractivity contribution in [1.29, 1.82) is 0 Å². The van der Waals surface area contributed by atoms with Gasteiger partial charge in [0, 0.05) is 6.04 Å². The number of nitrogens with one attached hydrogen (secondary N) is 1. The summed E-state index contributed by atoms with van der Waals surface area (Å²) in [5.74, 6) is -2.34. The summed E-state index contributed by atoms with van der Waals surface area (Å²) < 4.78 is 35.5. The fourth-order valence-electron chi connectivity index (χ4n) is 1.25. The predicted molar refractivity (Wildman–Crippen MR) is 49.8 cm³/mol. The Kier molecular flexibility index (Phi) is 5.84. The van der Waals surface area contributed by atoms with Crippen LogP contribution in [0, 0.1) is 0 Å². The van der Waals surface area contributed by atoms with Crippen LogP contribution in [0.15, 0.2) is 0 Å². The predicted octanol–water partition coefficient (Wildman–Crippen LogP) is 1.70. The Bertz CT molecular complexity index is 253. The number of amides is 1. The number of halogens is 3. The zero-order valence-corrected chi connectivity index (χ0v) is 8.80. The lowest BCUT2D eigenvalue weighted by molar-refractivity contribution is -0.154. The molecule has 0 radical (unpaired) electrons. The highest BCUT2D eigenvalue weighted by Crippen LogP contribution is 2.19. The molecule has 0 saturated carbocycles. The van der Waals surface area contributed by atoms with Gasteiger partial charge in [-0.3, -0.25) is 9.59 Å². The molecule has 4 nitrogen and oxygen atoms in total. The summed E-state index contributed by atoms with van der Waals surface area (Å²) >= 11 is 0. The monoisotopic (exact) mass is 241 g/mol. The molecule has 0 heterocycles. The normalized spacial score (nSPS) is 13.2. The standard InChI is InChI=1S/C9H14F3NO3/c1-2-3-6(4-8(15)16)13-7(14)5-9(10,11)12/h6H,2-5H2,1H3,(H,13,14)(H,15,16). The van der Waals surface area contributed by atoms with Crippen molar-refractivity contribution in [3.05, 3.63) is 0 Å². The van der Waals surface area contributed by atoms with Gasteiger partial charge in [-0.2, -0.15) is 13.2 Å². The first-order chi connectivity index (χ1) is 7.24. The maximum absolute atomic E-state index is 11.8. The van der Waals surface area contributed by atoms with Crippen molar-refractivity contribution in [1.82, 2.24) is 5.32 Å². The molecule has 1 atom stereocenters. The SMILES string of the molecule is CCCC(CC(=O)O)NC(=O)CC(F)(F)F. The largest absolute Gasteiger partial charge is 0.481 e. The number of hydrogen-bond acceptors (Lipinski definition) is 2. The first-order valence-corrected chi connectivity index (χ1v) is 4.82. The van der Waals surface area contributed by atoms with Crippen LogP contribution in [0.1, 0.15) is 32.6 Å². The molecule has 1 amide bonds. The Hall–Kier alpha value is -1.27. The lowest BCUT2D eigenvalue weighted by Crippen LogP contribution is -2.38. The van der Waals surface area contributed by atoms with E-state index >= 15 is 0 Å². The molecule has 0 bridgehead atoms. The molecule has 0 aliphatic carbocycles. The Labute approximate surface area is 90.8 Å². The van der Waals surface area contributed by atoms with E-state index in [4.69, 9.17) is 5.11 Å². The molecule has 0 aromatic heterocycles. The van der Waals surface area contributed by atoms with Crippen molar-refractivity contribution < 1.29 is 27.9 Å². The number of aliphatic carboxylic acids is 1. The molecule has 0 spiro atoms. The topological polar surface area (TPSA) is 66.4 Å². The van der Waals surface area contributed by atoms with Gasteiger partial charge in [0.15, 0.2) is 0 Å². The zero-order chi connectivity index (χ0) is 12.8. The second-order valence-electron chi connectivity index (χ2n) is 3.44. The van der Waals surface area contributed by atoms with Crippen molar-refractivity contribution >= 4 is 11.9 Å². The first-order valence-electron chi connectivity index (χ1n) is 4.82. The van der Waals surface area contributed by atoms with E-state index in [0.717, 1.165) is 0 Å². The third kappa shape index (κ3) is 8.07. The van der Waals surface area contributed by atoms with Gasteiger partial charge in [-0.05, 0) is 6.42 Å². The minimum absolute atomic E-state index is 0.343. The van der Waals surface area contributed by atoms with Crippen LogP contribution in [0.5, 0.6) is 0 Å². The van der Waals surface area contributed by atoms with Gasteiger partial charge in [0.05, 0.1) is 6.42 Å². The maximum Gasteiger partial charge on any atom is 0.397 e. The number of hydrogen-bond donors (Lipinski definition) is 2. The fourth-order valence-corrected chi connectivity index (χ4v) is 1.25. The molecule has 16 heavy (non-hydrogen) atoms. The second kappa shape index (κ2) is 6.34. The number of alkyl halides is 3. The number of carbonyl (C=O) groups excluding carboxylic acids is 1. The molecule has 0 rings (SSSR count). The quantitative estimate of drug-likeness (QED) is 0.743. The van der Waals surface area contributed by atoms with Gasteiger partial charge in [-0.15, -0.1) is 0 Å². The van der Waals surface area contributed by atoms with Crippen LogP contribution < -0.4 is 5.32 Å². The summed E-state index contributed by atoms with van der Waals surface area (Å²) in [7, 11) is 0. The van der Waals surface area contributed by atoms with Gasteiger partial charge in [-0.25, -0.2) is 0 Å². The molecule has 0 aromatic rings. The van der Waals surface area contributed by atoms with E-state index in [1.54, 1.807) is 6.92 Å². The molecule has 0 fully saturated rings. The summed E-state index contributed by atoms with van der Waals surface area (Å²) in [4.78, 5) is 21.3. The van der Waals surface area contributed by atoms with Gasteiger partial charge in [-0.1, -0.05) is 13.3 Å². The molecule has 2 N–H and O–H groups in total. The summed E-state index contributed by atoms with van der Waals surface area (Å²) in [6.07, 6.45) is -5.57. The summed E-state index contributed by atoms with van der Waals surface area (Å²) in [6.45, 7) is 1.75. The number of carboxylic acids is 1. The maximum atomic E-state index is 11.8. The van der Waals surface area contributed by atoms with E-state index in [1.807, 2.05) is 0 Å². The van der Waals surface area contributed by atoms with Gasteiger partial charge in [0.25, 0.3) is 0 Å². The van der Waals surface area contributed by atoms with E-state index in [2.05, 4.69) is 5.32 Å². The Morgan fingerprint density at radius 1 is 1.38 bits per heavy atom. The second-order valence-corrected chi connectivity index (χ2v) is 3.44. The zero-order valence-electron chi connectivity index (χ0n) is 8.80. The van der Waals surface area contributed by atoms with Crippen LogP contribution in [0.3, 0.4) is 0 Å². The number of rotatable bonds is 6. The summed E-state index contributed by atoms with van der Waals surface area (Å²) in [6, 6.07) is -0.739. The Morgan fingerprint density at radius 2 is 1.94 bits per heavy atom. The van der Waals surface area contributed by atoms with Crippen molar-refractivity contribution in [3.8, 4) is 0 Å². The highest BCUT2D eigenvalue weighted by atomic mass is 19.4. The van der Waals surface area contributed by atoms with E-state index in [0.29, 0.717) is 12.8 Å². The van der Waals surface area contributed by atoms with Crippen molar-refractivity contribution in [2.45, 2.75) is 44.8 Å². The van der Waals surface area contributed by atoms with Crippen LogP contribution >= 0.6 is 0 Å². The lowest BCUT2D eigenvalue weighted by atomic mass is 10.1. The highest BCUT2D eigenvalue weighted by molar-refractivity contribution is 5.77. The minimum Gasteiger partial charge on any atom is -0.481 e. The Balaban J connectivity index is 4.17. The third-order valence-electron chi connectivity index (χ3n) is 1.78. The molecule has 0 aromatic carbocycles. The van der Waals surface area contributed by atoms with E-state index in [9.17, 15) is 22.8 Å². The van der Waals surface area contributed by atoms with Crippen LogP contribution in [-0.4, -0.2) is 29.2 Å². The molecular weight excluding hydrogens is 227 g/mol. The van der Waals surface area contributed by atoms with Gasteiger partial charge < -0.3 is 10.4 Å². The van der Waals surface area contributed by atoms with Crippen molar-refractivity contribution in [3.63, 3.8) is 0 Å². The van der Waals surface area contributed by atoms with Crippen molar-refractivity contribution in [2.24, 2.45) is 0 Å². The van der Waals surface area contributed by atoms with Gasteiger partial charge in [0.1, 0.15) is 6.42 Å². The van der Waals surface area contributed by atoms with E-state index in [-0.39, 0.29) is 6.42 Å². The molecule has 1 unspecified atom stereocenters. The minimum atomic E-state index is -4.57. The smallest absolute Gasteiger partial charge is 0.397 e. The van der Waals surface area contributed by atoms with Gasteiger partial charge >= 0.3 is 12.1 Å². The highest BCUT2D eigenvalue weighted by Gasteiger charge is 2.32. The summed E-state index contributed by atoms with van der Waals surface area (Å²) in [5, 5.41) is 10.5. The Morgan fingerprint density at radius 3 is 2.31 bits per heavy atom. The third-order valence-corrected chi connectivity index (χ3v) is 1.78. The molecule has 0 aliphatic rings. The van der Waals surface area contributed by atoms with E-state index in [1.165, 1.54) is 0 Å². The molecule has 0 saturated heterocycles. The lowest BCUT2D eigenvalue weighted by Gasteiger charge is -2.16. The fraction of sp³-hybridized carbons (Fsp3) is 0.778. The average molecular weight is 241 g/mol. The molecular formula is C9H14F3NO3.